The van der Waals surface area contributed by atoms with Crippen LogP contribution < -0.4 is 10.6 Å². The number of aryl methyl sites for hydroxylation is 1. The Morgan fingerprint density at radius 3 is 2.92 bits per heavy atom. The van der Waals surface area contributed by atoms with Gasteiger partial charge < -0.3 is 15.0 Å². The Hall–Kier alpha value is -1.96. The zero-order valence-corrected chi connectivity index (χ0v) is 15.8. The Labute approximate surface area is 159 Å². The average molecular weight is 393 g/mol. The molecular weight excluding hydrogens is 375 g/mol. The number of nitrogens with one attached hydrogen (secondary N) is 2. The molecule has 0 bridgehead atoms. The smallest absolute Gasteiger partial charge is 0.267 e. The summed E-state index contributed by atoms with van der Waals surface area (Å²) in [7, 11) is 0. The van der Waals surface area contributed by atoms with Gasteiger partial charge >= 0.3 is 0 Å². The van der Waals surface area contributed by atoms with E-state index in [2.05, 4.69) is 15.6 Å². The molecule has 4 heterocycles. The van der Waals surface area contributed by atoms with Crippen LogP contribution in [-0.4, -0.2) is 28.4 Å². The van der Waals surface area contributed by atoms with Crippen LogP contribution in [0.1, 0.15) is 39.0 Å². The number of thiophene rings is 1. The Morgan fingerprint density at radius 2 is 2.15 bits per heavy atom. The fourth-order valence-corrected chi connectivity index (χ4v) is 4.78. The van der Waals surface area contributed by atoms with Crippen LogP contribution in [0.2, 0.25) is 5.02 Å². The topological polar surface area (TPSA) is 58.4 Å². The SMILES string of the molecule is Cc1cn2cc(NC(=O)c3sc(C4CCNCC4)cc3Cl)cc(F)c2n1. The maximum atomic E-state index is 14.2. The minimum absolute atomic E-state index is 0.239. The van der Waals surface area contributed by atoms with Crippen LogP contribution in [0.5, 0.6) is 0 Å². The van der Waals surface area contributed by atoms with Crippen molar-refractivity contribution in [3.8, 4) is 0 Å². The van der Waals surface area contributed by atoms with Crippen molar-refractivity contribution >= 4 is 40.2 Å². The Bertz CT molecular complexity index is 977. The van der Waals surface area contributed by atoms with Crippen LogP contribution in [-0.2, 0) is 0 Å². The summed E-state index contributed by atoms with van der Waals surface area (Å²) in [6, 6.07) is 3.16. The number of hydrogen-bond donors (Lipinski definition) is 2. The molecule has 2 N–H and O–H groups in total. The van der Waals surface area contributed by atoms with Gasteiger partial charge in [0.05, 0.1) is 16.4 Å². The summed E-state index contributed by atoms with van der Waals surface area (Å²) in [4.78, 5) is 18.3. The number of nitrogens with zero attached hydrogens (tertiary/aromatic N) is 2. The van der Waals surface area contributed by atoms with E-state index in [9.17, 15) is 9.18 Å². The van der Waals surface area contributed by atoms with Crippen LogP contribution in [0.25, 0.3) is 5.65 Å². The van der Waals surface area contributed by atoms with Gasteiger partial charge in [-0.25, -0.2) is 9.37 Å². The molecular formula is C18H18ClFN4OS. The minimum atomic E-state index is -0.483. The third-order valence-corrected chi connectivity index (χ3v) is 6.24. The fourth-order valence-electron chi connectivity index (χ4n) is 3.28. The molecule has 5 nitrogen and oxygen atoms in total. The van der Waals surface area contributed by atoms with E-state index in [-0.39, 0.29) is 11.6 Å². The molecule has 0 unspecified atom stereocenters. The lowest BCUT2D eigenvalue weighted by atomic mass is 9.97. The monoisotopic (exact) mass is 392 g/mol. The van der Waals surface area contributed by atoms with Gasteiger partial charge in [0.1, 0.15) is 4.88 Å². The van der Waals surface area contributed by atoms with Crippen LogP contribution in [0.3, 0.4) is 0 Å². The van der Waals surface area contributed by atoms with Crippen molar-refractivity contribution in [1.29, 1.82) is 0 Å². The van der Waals surface area contributed by atoms with E-state index in [0.29, 0.717) is 27.2 Å². The van der Waals surface area contributed by atoms with Crippen molar-refractivity contribution in [3.05, 3.63) is 50.8 Å². The van der Waals surface area contributed by atoms with Crippen molar-refractivity contribution < 1.29 is 9.18 Å². The molecule has 0 atom stereocenters. The Morgan fingerprint density at radius 1 is 1.38 bits per heavy atom. The van der Waals surface area contributed by atoms with Gasteiger partial charge in [-0.15, -0.1) is 11.3 Å². The van der Waals surface area contributed by atoms with E-state index >= 15 is 0 Å². The standard InChI is InChI=1S/C18H18ClFN4OS/c1-10-8-24-9-12(6-14(20)17(24)22-10)23-18(25)16-13(19)7-15(26-16)11-2-4-21-5-3-11/h6-9,11,21H,2-5H2,1H3,(H,23,25). The zero-order valence-electron chi connectivity index (χ0n) is 14.2. The molecule has 136 valence electrons. The van der Waals surface area contributed by atoms with E-state index in [1.807, 2.05) is 6.07 Å². The normalized spacial score (nSPS) is 15.5. The third kappa shape index (κ3) is 3.34. The lowest BCUT2D eigenvalue weighted by Crippen LogP contribution is -2.26. The maximum Gasteiger partial charge on any atom is 0.267 e. The van der Waals surface area contributed by atoms with E-state index in [4.69, 9.17) is 11.6 Å². The first-order valence-corrected chi connectivity index (χ1v) is 9.67. The van der Waals surface area contributed by atoms with E-state index in [1.54, 1.807) is 23.7 Å². The minimum Gasteiger partial charge on any atom is -0.320 e. The van der Waals surface area contributed by atoms with Gasteiger partial charge in [-0.05, 0) is 44.8 Å². The summed E-state index contributed by atoms with van der Waals surface area (Å²) in [6.07, 6.45) is 5.44. The summed E-state index contributed by atoms with van der Waals surface area (Å²) >= 11 is 7.72. The number of carbonyl (C=O) groups excluding carboxylic acids is 1. The van der Waals surface area contributed by atoms with Crippen LogP contribution in [0.15, 0.2) is 24.5 Å². The van der Waals surface area contributed by atoms with Gasteiger partial charge in [-0.3, -0.25) is 4.79 Å². The number of anilines is 1. The Kier molecular flexibility index (Phi) is 4.69. The summed E-state index contributed by atoms with van der Waals surface area (Å²) in [5.41, 5.74) is 1.31. The fraction of sp³-hybridized carbons (Fsp3) is 0.333. The molecule has 3 aromatic heterocycles. The van der Waals surface area contributed by atoms with E-state index in [0.717, 1.165) is 30.8 Å². The molecule has 3 aromatic rings. The second-order valence-corrected chi connectivity index (χ2v) is 7.99. The number of piperidine rings is 1. The molecule has 4 rings (SSSR count). The number of rotatable bonds is 3. The highest BCUT2D eigenvalue weighted by atomic mass is 35.5. The highest BCUT2D eigenvalue weighted by Crippen LogP contribution is 2.36. The van der Waals surface area contributed by atoms with Gasteiger partial charge in [-0.1, -0.05) is 11.6 Å². The first-order chi connectivity index (χ1) is 12.5. The summed E-state index contributed by atoms with van der Waals surface area (Å²) in [6.45, 7) is 3.75. The predicted molar refractivity (Wildman–Crippen MR) is 102 cm³/mol. The molecule has 1 fully saturated rings. The van der Waals surface area contributed by atoms with Crippen molar-refractivity contribution in [3.63, 3.8) is 0 Å². The van der Waals surface area contributed by atoms with Gasteiger partial charge in [-0.2, -0.15) is 0 Å². The average Bonchev–Trinajstić information content (AvgIpc) is 3.18. The highest BCUT2D eigenvalue weighted by Gasteiger charge is 2.22. The number of imidazole rings is 1. The van der Waals surface area contributed by atoms with Gasteiger partial charge in [0.15, 0.2) is 11.5 Å². The van der Waals surface area contributed by atoms with Crippen LogP contribution in [0, 0.1) is 12.7 Å². The molecule has 1 saturated heterocycles. The van der Waals surface area contributed by atoms with E-state index in [1.165, 1.54) is 17.4 Å². The Balaban J connectivity index is 1.57. The third-order valence-electron chi connectivity index (χ3n) is 4.54. The largest absolute Gasteiger partial charge is 0.320 e. The number of amides is 1. The van der Waals surface area contributed by atoms with Crippen molar-refractivity contribution in [2.75, 3.05) is 18.4 Å². The lowest BCUT2D eigenvalue weighted by molar-refractivity contribution is 0.103. The first-order valence-electron chi connectivity index (χ1n) is 8.47. The molecule has 8 heteroatoms. The number of halogens is 2. The summed E-state index contributed by atoms with van der Waals surface area (Å²) < 4.78 is 15.7. The number of aromatic nitrogens is 2. The zero-order chi connectivity index (χ0) is 18.3. The second-order valence-electron chi connectivity index (χ2n) is 6.49. The van der Waals surface area contributed by atoms with Gasteiger partial charge in [0.25, 0.3) is 5.91 Å². The molecule has 0 spiro atoms. The number of carbonyl (C=O) groups is 1. The molecule has 1 amide bonds. The van der Waals surface area contributed by atoms with Crippen molar-refractivity contribution in [1.82, 2.24) is 14.7 Å². The van der Waals surface area contributed by atoms with Gasteiger partial charge in [0, 0.05) is 23.3 Å². The molecule has 26 heavy (non-hydrogen) atoms. The summed E-state index contributed by atoms with van der Waals surface area (Å²) in [5.74, 6) is -0.373. The number of hydrogen-bond acceptors (Lipinski definition) is 4. The summed E-state index contributed by atoms with van der Waals surface area (Å²) in [5, 5.41) is 6.52. The van der Waals surface area contributed by atoms with Crippen molar-refractivity contribution in [2.45, 2.75) is 25.7 Å². The first kappa shape index (κ1) is 17.5. The molecule has 0 aromatic carbocycles. The molecule has 1 aliphatic rings. The number of fused-ring (bicyclic) bond motifs is 1. The molecule has 1 aliphatic heterocycles. The van der Waals surface area contributed by atoms with Crippen LogP contribution in [0.4, 0.5) is 10.1 Å². The number of pyridine rings is 1. The molecule has 0 saturated carbocycles. The van der Waals surface area contributed by atoms with E-state index < -0.39 is 5.82 Å². The molecule has 0 aliphatic carbocycles. The van der Waals surface area contributed by atoms with Gasteiger partial charge in [0.2, 0.25) is 0 Å². The van der Waals surface area contributed by atoms with Crippen molar-refractivity contribution in [2.24, 2.45) is 0 Å². The van der Waals surface area contributed by atoms with Crippen LogP contribution >= 0.6 is 22.9 Å². The maximum absolute atomic E-state index is 14.2. The quantitative estimate of drug-likeness (QED) is 0.701. The lowest BCUT2D eigenvalue weighted by Gasteiger charge is -2.21. The second kappa shape index (κ2) is 6.98. The highest BCUT2D eigenvalue weighted by molar-refractivity contribution is 7.15. The predicted octanol–water partition coefficient (Wildman–Crippen LogP) is 4.22. The molecule has 0 radical (unpaired) electrons.